The van der Waals surface area contributed by atoms with Gasteiger partial charge < -0.3 is 14.6 Å². The van der Waals surface area contributed by atoms with Crippen molar-refractivity contribution < 1.29 is 18.7 Å². The van der Waals surface area contributed by atoms with Crippen LogP contribution in [0.3, 0.4) is 0 Å². The molecule has 0 atom stereocenters. The third-order valence-corrected chi connectivity index (χ3v) is 6.39. The van der Waals surface area contributed by atoms with E-state index in [0.717, 1.165) is 26.8 Å². The van der Waals surface area contributed by atoms with Gasteiger partial charge in [-0.25, -0.2) is 9.18 Å². The molecular formula is C24H22FN3O3S. The highest BCUT2D eigenvalue weighted by Gasteiger charge is 2.24. The minimum atomic E-state index is -0.595. The highest BCUT2D eigenvalue weighted by Crippen LogP contribution is 2.35. The third kappa shape index (κ3) is 4.34. The first-order valence-electron chi connectivity index (χ1n) is 9.74. The van der Waals surface area contributed by atoms with E-state index in [0.29, 0.717) is 16.8 Å². The van der Waals surface area contributed by atoms with Crippen LogP contribution in [0.5, 0.6) is 0 Å². The molecule has 3 aromatic rings. The molecule has 3 rings (SSSR count). The van der Waals surface area contributed by atoms with Crippen molar-refractivity contribution in [1.29, 1.82) is 5.26 Å². The summed E-state index contributed by atoms with van der Waals surface area (Å²) < 4.78 is 20.0. The van der Waals surface area contributed by atoms with Crippen molar-refractivity contribution in [2.75, 3.05) is 12.4 Å². The molecule has 164 valence electrons. The van der Waals surface area contributed by atoms with Crippen LogP contribution in [0.4, 0.5) is 10.1 Å². The highest BCUT2D eigenvalue weighted by molar-refractivity contribution is 7.15. The lowest BCUT2D eigenvalue weighted by Gasteiger charge is -2.10. The van der Waals surface area contributed by atoms with Gasteiger partial charge in [0.05, 0.1) is 12.7 Å². The molecular weight excluding hydrogens is 429 g/mol. The summed E-state index contributed by atoms with van der Waals surface area (Å²) in [6.07, 6.45) is 1.50. The molecule has 1 aromatic carbocycles. The van der Waals surface area contributed by atoms with Crippen LogP contribution in [0.15, 0.2) is 35.9 Å². The molecule has 6 nitrogen and oxygen atoms in total. The summed E-state index contributed by atoms with van der Waals surface area (Å²) in [5.41, 5.74) is 3.94. The number of methoxy groups -OCH3 is 1. The summed E-state index contributed by atoms with van der Waals surface area (Å²) >= 11 is 1.48. The Bertz CT molecular complexity index is 1280. The van der Waals surface area contributed by atoms with Crippen molar-refractivity contribution >= 4 is 35.0 Å². The van der Waals surface area contributed by atoms with Crippen molar-refractivity contribution in [3.05, 3.63) is 74.7 Å². The van der Waals surface area contributed by atoms with E-state index in [2.05, 4.69) is 5.32 Å². The molecule has 2 aromatic heterocycles. The number of carbonyl (C=O) groups excluding carboxylic acids is 2. The number of aryl methyl sites for hydroxylation is 2. The average molecular weight is 452 g/mol. The van der Waals surface area contributed by atoms with Crippen LogP contribution in [-0.2, 0) is 9.53 Å². The van der Waals surface area contributed by atoms with Crippen LogP contribution in [0.25, 0.3) is 11.1 Å². The van der Waals surface area contributed by atoms with Crippen molar-refractivity contribution in [1.82, 2.24) is 4.57 Å². The van der Waals surface area contributed by atoms with Crippen LogP contribution in [0, 0.1) is 44.8 Å². The Morgan fingerprint density at radius 1 is 1.19 bits per heavy atom. The number of nitriles is 1. The molecule has 0 saturated carbocycles. The fourth-order valence-electron chi connectivity index (χ4n) is 3.39. The monoisotopic (exact) mass is 451 g/mol. The number of nitrogens with zero attached hydrogens (tertiary/aromatic N) is 2. The summed E-state index contributed by atoms with van der Waals surface area (Å²) in [4.78, 5) is 26.0. The number of nitrogens with one attached hydrogen (secondary N) is 1. The maximum absolute atomic E-state index is 13.1. The second-order valence-electron chi connectivity index (χ2n) is 7.25. The van der Waals surface area contributed by atoms with Crippen molar-refractivity contribution in [3.63, 3.8) is 0 Å². The molecule has 2 heterocycles. The Hall–Kier alpha value is -3.70. The molecule has 0 aliphatic carbocycles. The predicted octanol–water partition coefficient (Wildman–Crippen LogP) is 5.24. The van der Waals surface area contributed by atoms with Crippen LogP contribution >= 0.6 is 11.3 Å². The average Bonchev–Trinajstić information content (AvgIpc) is 3.21. The minimum absolute atomic E-state index is 0.0960. The zero-order valence-corrected chi connectivity index (χ0v) is 19.2. The Labute approximate surface area is 189 Å². The number of hydrogen-bond acceptors (Lipinski definition) is 5. The first kappa shape index (κ1) is 23.0. The van der Waals surface area contributed by atoms with Crippen LogP contribution in [0.1, 0.15) is 37.7 Å². The van der Waals surface area contributed by atoms with Crippen LogP contribution in [-0.4, -0.2) is 23.6 Å². The molecule has 0 unspecified atom stereocenters. The van der Waals surface area contributed by atoms with E-state index in [-0.39, 0.29) is 5.57 Å². The van der Waals surface area contributed by atoms with E-state index in [1.165, 1.54) is 48.8 Å². The van der Waals surface area contributed by atoms with Crippen LogP contribution in [0.2, 0.25) is 0 Å². The van der Waals surface area contributed by atoms with E-state index < -0.39 is 17.7 Å². The largest absolute Gasteiger partial charge is 0.465 e. The van der Waals surface area contributed by atoms with Gasteiger partial charge >= 0.3 is 5.97 Å². The topological polar surface area (TPSA) is 84.1 Å². The molecule has 8 heteroatoms. The quantitative estimate of drug-likeness (QED) is 0.326. The molecule has 0 bridgehead atoms. The summed E-state index contributed by atoms with van der Waals surface area (Å²) in [7, 11) is 1.35. The van der Waals surface area contributed by atoms with Crippen molar-refractivity contribution in [2.24, 2.45) is 0 Å². The lowest BCUT2D eigenvalue weighted by Crippen LogP contribution is -2.13. The Morgan fingerprint density at radius 3 is 2.44 bits per heavy atom. The van der Waals surface area contributed by atoms with E-state index in [1.54, 1.807) is 0 Å². The first-order chi connectivity index (χ1) is 15.2. The summed E-state index contributed by atoms with van der Waals surface area (Å²) in [5, 5.41) is 12.9. The number of thiophene rings is 1. The van der Waals surface area contributed by atoms with Gasteiger partial charge in [0.2, 0.25) is 0 Å². The van der Waals surface area contributed by atoms with Gasteiger partial charge in [0, 0.05) is 22.0 Å². The number of amides is 1. The Balaban J connectivity index is 2.02. The van der Waals surface area contributed by atoms with Gasteiger partial charge in [-0.3, -0.25) is 4.79 Å². The maximum atomic E-state index is 13.1. The van der Waals surface area contributed by atoms with Crippen molar-refractivity contribution in [3.8, 4) is 11.1 Å². The summed E-state index contributed by atoms with van der Waals surface area (Å²) in [6.45, 7) is 7.57. The van der Waals surface area contributed by atoms with Gasteiger partial charge in [-0.1, -0.05) is 0 Å². The molecule has 0 spiro atoms. The second kappa shape index (κ2) is 9.20. The summed E-state index contributed by atoms with van der Waals surface area (Å²) in [5.74, 6) is -1.43. The number of esters is 1. The lowest BCUT2D eigenvalue weighted by atomic mass is 10.1. The minimum Gasteiger partial charge on any atom is -0.465 e. The van der Waals surface area contributed by atoms with Gasteiger partial charge in [0.15, 0.2) is 0 Å². The number of hydrogen-bond donors (Lipinski definition) is 1. The number of benzene rings is 1. The van der Waals surface area contributed by atoms with Gasteiger partial charge in [-0.2, -0.15) is 5.26 Å². The SMILES string of the molecule is COC(=O)c1c(-n2c(C)cc(/C=C(\C#N)C(=O)Nc3ccc(F)cc3)c2C)sc(C)c1C. The van der Waals surface area contributed by atoms with Gasteiger partial charge in [-0.15, -0.1) is 11.3 Å². The molecule has 32 heavy (non-hydrogen) atoms. The number of carbonyl (C=O) groups is 2. The number of halogens is 1. The predicted molar refractivity (Wildman–Crippen MR) is 123 cm³/mol. The zero-order chi connectivity index (χ0) is 23.6. The molecule has 0 radical (unpaired) electrons. The van der Waals surface area contributed by atoms with E-state index in [9.17, 15) is 19.2 Å². The van der Waals surface area contributed by atoms with Crippen LogP contribution < -0.4 is 5.32 Å². The van der Waals surface area contributed by atoms with E-state index in [1.807, 2.05) is 44.4 Å². The molecule has 0 fully saturated rings. The normalized spacial score (nSPS) is 11.2. The lowest BCUT2D eigenvalue weighted by molar-refractivity contribution is -0.112. The molecule has 1 N–H and O–H groups in total. The third-order valence-electron chi connectivity index (χ3n) is 5.20. The molecule has 1 amide bonds. The molecule has 0 aliphatic heterocycles. The van der Waals surface area contributed by atoms with Gasteiger partial charge in [-0.05, 0) is 75.2 Å². The fraction of sp³-hybridized carbons (Fsp3) is 0.208. The van der Waals surface area contributed by atoms with Crippen molar-refractivity contribution in [2.45, 2.75) is 27.7 Å². The molecule has 0 saturated heterocycles. The zero-order valence-electron chi connectivity index (χ0n) is 18.4. The maximum Gasteiger partial charge on any atom is 0.341 e. The number of anilines is 1. The molecule has 0 aliphatic rings. The number of ether oxygens (including phenoxy) is 1. The van der Waals surface area contributed by atoms with E-state index in [4.69, 9.17) is 4.74 Å². The van der Waals surface area contributed by atoms with E-state index >= 15 is 0 Å². The smallest absolute Gasteiger partial charge is 0.341 e. The number of aromatic nitrogens is 1. The highest BCUT2D eigenvalue weighted by atomic mass is 32.1. The Morgan fingerprint density at radius 2 is 1.84 bits per heavy atom. The number of rotatable bonds is 5. The second-order valence-corrected chi connectivity index (χ2v) is 8.45. The van der Waals surface area contributed by atoms with Gasteiger partial charge in [0.25, 0.3) is 5.91 Å². The first-order valence-corrected chi connectivity index (χ1v) is 10.6. The van der Waals surface area contributed by atoms with Gasteiger partial charge in [0.1, 0.15) is 22.5 Å². The fourth-order valence-corrected chi connectivity index (χ4v) is 4.65. The standard InChI is InChI=1S/C24H22FN3O3S/c1-13-10-17(11-18(12-26)22(29)27-20-8-6-19(25)7-9-20)15(3)28(13)23-21(24(30)31-5)14(2)16(4)32-23/h6-11H,1-5H3,(H,27,29)/b18-11+. The summed E-state index contributed by atoms with van der Waals surface area (Å²) in [6, 6.07) is 9.07. The Kier molecular flexibility index (Phi) is 6.61.